The van der Waals surface area contributed by atoms with Crippen LogP contribution in [0.15, 0.2) is 48.6 Å². The van der Waals surface area contributed by atoms with E-state index in [0.717, 1.165) is 5.57 Å². The summed E-state index contributed by atoms with van der Waals surface area (Å²) in [7, 11) is 0. The number of carbonyl (C=O) groups excluding carboxylic acids is 2. The normalized spacial score (nSPS) is 34.1. The van der Waals surface area contributed by atoms with Crippen LogP contribution < -0.4 is 0 Å². The Morgan fingerprint density at radius 2 is 2.12 bits per heavy atom. The van der Waals surface area contributed by atoms with Crippen molar-refractivity contribution < 1.29 is 29.3 Å². The molecule has 1 heterocycles. The van der Waals surface area contributed by atoms with Gasteiger partial charge in [0.2, 0.25) is 0 Å². The maximum absolute atomic E-state index is 12.3. The summed E-state index contributed by atoms with van der Waals surface area (Å²) in [5.74, 6) is -2.12. The molecule has 0 bridgehead atoms. The van der Waals surface area contributed by atoms with Crippen LogP contribution in [0.1, 0.15) is 20.3 Å². The summed E-state index contributed by atoms with van der Waals surface area (Å²) in [6, 6.07) is 0. The molecular formula is C20H26O6. The van der Waals surface area contributed by atoms with Gasteiger partial charge < -0.3 is 19.7 Å². The SMILES string of the molecule is C=C[C@]1(CO)C[C@H](OC(=O)/C(=C/C)CO)[C@H]2C(=C)C(=O)O[C@@H]2[C@H]1C(=C)C. The number of esters is 2. The monoisotopic (exact) mass is 362 g/mol. The van der Waals surface area contributed by atoms with E-state index in [1.54, 1.807) is 19.9 Å². The molecule has 26 heavy (non-hydrogen) atoms. The Labute approximate surface area is 153 Å². The molecule has 0 aromatic rings. The van der Waals surface area contributed by atoms with Crippen molar-refractivity contribution in [3.63, 3.8) is 0 Å². The maximum Gasteiger partial charge on any atom is 0.336 e. The molecular weight excluding hydrogens is 336 g/mol. The Morgan fingerprint density at radius 3 is 2.58 bits per heavy atom. The predicted molar refractivity (Wildman–Crippen MR) is 95.9 cm³/mol. The second-order valence-corrected chi connectivity index (χ2v) is 6.96. The summed E-state index contributed by atoms with van der Waals surface area (Å²) in [5, 5.41) is 19.4. The van der Waals surface area contributed by atoms with Gasteiger partial charge in [0.25, 0.3) is 0 Å². The van der Waals surface area contributed by atoms with Crippen LogP contribution in [-0.4, -0.2) is 47.6 Å². The van der Waals surface area contributed by atoms with Gasteiger partial charge in [0.05, 0.1) is 24.7 Å². The van der Waals surface area contributed by atoms with E-state index < -0.39 is 42.1 Å². The molecule has 0 spiro atoms. The Hall–Kier alpha value is -2.18. The Morgan fingerprint density at radius 1 is 1.46 bits per heavy atom. The lowest BCUT2D eigenvalue weighted by Gasteiger charge is -2.49. The van der Waals surface area contributed by atoms with Gasteiger partial charge in [0.15, 0.2) is 0 Å². The molecule has 0 radical (unpaired) electrons. The number of fused-ring (bicyclic) bond motifs is 1. The number of ether oxygens (including phenoxy) is 2. The van der Waals surface area contributed by atoms with Crippen molar-refractivity contribution in [3.05, 3.63) is 48.6 Å². The Balaban J connectivity index is 2.47. The van der Waals surface area contributed by atoms with E-state index in [1.807, 2.05) is 0 Å². The van der Waals surface area contributed by atoms with Crippen LogP contribution in [0.4, 0.5) is 0 Å². The molecule has 0 aromatic carbocycles. The minimum atomic E-state index is -0.849. The third kappa shape index (κ3) is 3.15. The fraction of sp³-hybridized carbons (Fsp3) is 0.500. The van der Waals surface area contributed by atoms with Crippen molar-refractivity contribution in [2.45, 2.75) is 32.5 Å². The van der Waals surface area contributed by atoms with E-state index in [1.165, 1.54) is 6.08 Å². The van der Waals surface area contributed by atoms with E-state index in [-0.39, 0.29) is 30.1 Å². The minimum absolute atomic E-state index is 0.118. The first-order valence-electron chi connectivity index (χ1n) is 8.53. The molecule has 6 heteroatoms. The molecule has 1 aliphatic carbocycles. The molecule has 2 aliphatic rings. The largest absolute Gasteiger partial charge is 0.458 e. The van der Waals surface area contributed by atoms with Crippen molar-refractivity contribution in [3.8, 4) is 0 Å². The van der Waals surface area contributed by atoms with Gasteiger partial charge in [-0.25, -0.2) is 9.59 Å². The average Bonchev–Trinajstić information content (AvgIpc) is 2.89. The molecule has 0 amide bonds. The number of aliphatic hydroxyl groups is 2. The molecule has 2 N–H and O–H groups in total. The third-order valence-corrected chi connectivity index (χ3v) is 5.46. The number of allylic oxidation sites excluding steroid dienone is 1. The highest BCUT2D eigenvalue weighted by Gasteiger charge is 2.59. The van der Waals surface area contributed by atoms with E-state index in [4.69, 9.17) is 9.47 Å². The zero-order valence-corrected chi connectivity index (χ0v) is 15.2. The topological polar surface area (TPSA) is 93.1 Å². The van der Waals surface area contributed by atoms with Crippen LogP contribution >= 0.6 is 0 Å². The van der Waals surface area contributed by atoms with Crippen molar-refractivity contribution in [1.82, 2.24) is 0 Å². The van der Waals surface area contributed by atoms with Crippen LogP contribution in [-0.2, 0) is 19.1 Å². The van der Waals surface area contributed by atoms with Crippen LogP contribution in [0.2, 0.25) is 0 Å². The highest BCUT2D eigenvalue weighted by molar-refractivity contribution is 5.92. The molecule has 0 unspecified atom stereocenters. The Bertz CT molecular complexity index is 676. The van der Waals surface area contributed by atoms with Gasteiger partial charge in [-0.3, -0.25) is 0 Å². The van der Waals surface area contributed by atoms with E-state index in [0.29, 0.717) is 0 Å². The second kappa shape index (κ2) is 7.60. The second-order valence-electron chi connectivity index (χ2n) is 6.96. The van der Waals surface area contributed by atoms with Gasteiger partial charge in [0, 0.05) is 16.9 Å². The molecule has 1 saturated heterocycles. The van der Waals surface area contributed by atoms with Gasteiger partial charge in [-0.15, -0.1) is 6.58 Å². The molecule has 1 saturated carbocycles. The predicted octanol–water partition coefficient (Wildman–Crippen LogP) is 1.70. The molecule has 5 atom stereocenters. The highest BCUT2D eigenvalue weighted by atomic mass is 16.6. The van der Waals surface area contributed by atoms with Crippen molar-refractivity contribution in [2.24, 2.45) is 17.3 Å². The summed E-state index contributed by atoms with van der Waals surface area (Å²) >= 11 is 0. The smallest absolute Gasteiger partial charge is 0.336 e. The van der Waals surface area contributed by atoms with E-state index >= 15 is 0 Å². The summed E-state index contributed by atoms with van der Waals surface area (Å²) in [5.41, 5.74) is 0.247. The standard InChI is InChI=1S/C20H26O6/c1-6-13(9-21)19(24)25-14-8-20(7-2,10-22)16(11(3)4)17-15(14)12(5)18(23)26-17/h6-7,14-17,21-22H,2-3,5,8-10H2,1,4H3/b13-6+/t14-,15+,16+,17-,20+/m0/s1. The highest BCUT2D eigenvalue weighted by Crippen LogP contribution is 2.53. The molecule has 0 aromatic heterocycles. The number of hydrogen-bond donors (Lipinski definition) is 2. The lowest BCUT2D eigenvalue weighted by Crippen LogP contribution is -2.54. The van der Waals surface area contributed by atoms with Crippen molar-refractivity contribution >= 4 is 11.9 Å². The molecule has 2 rings (SSSR count). The summed E-state index contributed by atoms with van der Waals surface area (Å²) in [4.78, 5) is 24.5. The lowest BCUT2D eigenvalue weighted by atomic mass is 9.58. The molecule has 1 aliphatic heterocycles. The molecule has 6 nitrogen and oxygen atoms in total. The van der Waals surface area contributed by atoms with Crippen molar-refractivity contribution in [2.75, 3.05) is 13.2 Å². The minimum Gasteiger partial charge on any atom is -0.458 e. The first kappa shape index (κ1) is 20.1. The summed E-state index contributed by atoms with van der Waals surface area (Å²) in [6.07, 6.45) is 1.94. The molecule has 2 fully saturated rings. The van der Waals surface area contributed by atoms with Crippen LogP contribution in [0, 0.1) is 17.3 Å². The fourth-order valence-corrected chi connectivity index (χ4v) is 4.08. The molecule has 142 valence electrons. The maximum atomic E-state index is 12.3. The number of rotatable bonds is 6. The lowest BCUT2D eigenvalue weighted by molar-refractivity contribution is -0.162. The van der Waals surface area contributed by atoms with Gasteiger partial charge in [0.1, 0.15) is 12.2 Å². The summed E-state index contributed by atoms with van der Waals surface area (Å²) < 4.78 is 11.1. The van der Waals surface area contributed by atoms with Crippen LogP contribution in [0.5, 0.6) is 0 Å². The van der Waals surface area contributed by atoms with E-state index in [9.17, 15) is 19.8 Å². The fourth-order valence-electron chi connectivity index (χ4n) is 4.08. The number of aliphatic hydroxyl groups excluding tert-OH is 2. The van der Waals surface area contributed by atoms with E-state index in [2.05, 4.69) is 19.7 Å². The summed E-state index contributed by atoms with van der Waals surface area (Å²) in [6.45, 7) is 14.4. The van der Waals surface area contributed by atoms with Crippen molar-refractivity contribution in [1.29, 1.82) is 0 Å². The third-order valence-electron chi connectivity index (χ3n) is 5.46. The van der Waals surface area contributed by atoms with Crippen LogP contribution in [0.3, 0.4) is 0 Å². The average molecular weight is 362 g/mol. The quantitative estimate of drug-likeness (QED) is 0.424. The van der Waals surface area contributed by atoms with Gasteiger partial charge in [-0.2, -0.15) is 0 Å². The first-order valence-corrected chi connectivity index (χ1v) is 8.53. The first-order chi connectivity index (χ1) is 12.3. The van der Waals surface area contributed by atoms with Crippen LogP contribution in [0.25, 0.3) is 0 Å². The number of hydrogen-bond acceptors (Lipinski definition) is 6. The zero-order valence-electron chi connectivity index (χ0n) is 15.2. The van der Waals surface area contributed by atoms with Gasteiger partial charge in [-0.05, 0) is 20.3 Å². The number of carbonyl (C=O) groups is 2. The van der Waals surface area contributed by atoms with Gasteiger partial charge >= 0.3 is 11.9 Å². The Kier molecular flexibility index (Phi) is 5.88. The van der Waals surface area contributed by atoms with Gasteiger partial charge in [-0.1, -0.05) is 30.9 Å². The zero-order chi connectivity index (χ0) is 19.6.